The van der Waals surface area contributed by atoms with Gasteiger partial charge in [0.15, 0.2) is 0 Å². The topological polar surface area (TPSA) is 62.5 Å². The van der Waals surface area contributed by atoms with Crippen LogP contribution in [0, 0.1) is 0 Å². The Balaban J connectivity index is 0.654. The number of unbranched alkanes of at least 4 members (excludes halogenated alkanes) is 14. The first-order valence-electron chi connectivity index (χ1n) is 22.2. The van der Waals surface area contributed by atoms with Crippen molar-refractivity contribution in [1.82, 2.24) is 9.13 Å². The molecule has 0 spiro atoms. The molecular weight excluding hydrogens is 757 g/mol. The third-order valence-corrected chi connectivity index (χ3v) is 13.9. The van der Waals surface area contributed by atoms with Crippen molar-refractivity contribution in [3.05, 3.63) is 97.1 Å². The molecule has 4 aromatic carbocycles. The van der Waals surface area contributed by atoms with Crippen LogP contribution in [0.4, 0.5) is 0 Å². The number of carbonyl (C=O) groups excluding carboxylic acids is 2. The number of carbonyl (C=O) groups is 2. The van der Waals surface area contributed by atoms with E-state index in [0.717, 1.165) is 25.7 Å². The second-order valence-electron chi connectivity index (χ2n) is 15.6. The summed E-state index contributed by atoms with van der Waals surface area (Å²) in [7, 11) is 4.11. The van der Waals surface area contributed by atoms with Crippen molar-refractivity contribution in [2.45, 2.75) is 129 Å². The highest BCUT2D eigenvalue weighted by Gasteiger charge is 2.12. The highest BCUT2D eigenvalue weighted by molar-refractivity contribution is 8.76. The molecule has 0 N–H and O–H groups in total. The van der Waals surface area contributed by atoms with Crippen LogP contribution in [0.3, 0.4) is 0 Å². The molecule has 0 aliphatic rings. The predicted octanol–water partition coefficient (Wildman–Crippen LogP) is 14.1. The third kappa shape index (κ3) is 13.3. The van der Waals surface area contributed by atoms with Crippen LogP contribution >= 0.6 is 21.6 Å². The first-order valence-corrected chi connectivity index (χ1v) is 24.7. The Hall–Kier alpha value is -3.88. The molecule has 0 fully saturated rings. The highest BCUT2D eigenvalue weighted by Crippen LogP contribution is 2.30. The first-order chi connectivity index (χ1) is 28.7. The number of esters is 2. The van der Waals surface area contributed by atoms with Crippen LogP contribution in [0.25, 0.3) is 43.6 Å². The summed E-state index contributed by atoms with van der Waals surface area (Å²) in [6.45, 7) is 2.18. The lowest BCUT2D eigenvalue weighted by molar-refractivity contribution is -0.144. The highest BCUT2D eigenvalue weighted by atomic mass is 33.1. The molecule has 0 amide bonds. The van der Waals surface area contributed by atoms with Crippen molar-refractivity contribution in [2.24, 2.45) is 0 Å². The standard InChI is InChI=1S/C50H64N2O4S2/c53-49(55-37-35-51-45-29-19-15-25-41(45)42-26-16-20-30-46(42)51)33-13-9-5-1-3-7-11-23-39-57-58-40-24-12-8-4-2-6-10-14-34-50(54)56-38-36-52-47-31-21-17-27-43(47)44-28-18-22-32-48(44)52/h15-22,25-32H,1-14,23-24,33-40H2. The van der Waals surface area contributed by atoms with Crippen LogP contribution in [0.5, 0.6) is 0 Å². The van der Waals surface area contributed by atoms with Gasteiger partial charge in [-0.05, 0) is 49.9 Å². The van der Waals surface area contributed by atoms with Crippen molar-refractivity contribution in [1.29, 1.82) is 0 Å². The summed E-state index contributed by atoms with van der Waals surface area (Å²) in [4.78, 5) is 24.7. The minimum Gasteiger partial charge on any atom is -0.464 e. The average Bonchev–Trinajstić information content (AvgIpc) is 3.75. The van der Waals surface area contributed by atoms with Crippen LogP contribution in [-0.4, -0.2) is 45.8 Å². The van der Waals surface area contributed by atoms with Gasteiger partial charge in [0, 0.05) is 68.0 Å². The number of ether oxygens (including phenoxy) is 2. The summed E-state index contributed by atoms with van der Waals surface area (Å²) in [6, 6.07) is 33.8. The van der Waals surface area contributed by atoms with Crippen LogP contribution < -0.4 is 0 Å². The molecule has 0 aliphatic heterocycles. The van der Waals surface area contributed by atoms with Crippen molar-refractivity contribution >= 4 is 77.1 Å². The van der Waals surface area contributed by atoms with Crippen molar-refractivity contribution in [3.8, 4) is 0 Å². The fraction of sp³-hybridized carbons (Fsp3) is 0.480. The van der Waals surface area contributed by atoms with Crippen molar-refractivity contribution in [3.63, 3.8) is 0 Å². The number of benzene rings is 4. The van der Waals surface area contributed by atoms with E-state index in [-0.39, 0.29) is 11.9 Å². The maximum Gasteiger partial charge on any atom is 0.305 e. The minimum absolute atomic E-state index is 0.0702. The number of nitrogens with zero attached hydrogens (tertiary/aromatic N) is 2. The molecule has 0 radical (unpaired) electrons. The molecule has 6 aromatic rings. The van der Waals surface area contributed by atoms with Gasteiger partial charge < -0.3 is 18.6 Å². The predicted molar refractivity (Wildman–Crippen MR) is 249 cm³/mol. The number of rotatable bonds is 29. The lowest BCUT2D eigenvalue weighted by Crippen LogP contribution is -2.11. The molecule has 2 aromatic heterocycles. The van der Waals surface area contributed by atoms with Gasteiger partial charge in [0.1, 0.15) is 13.2 Å². The largest absolute Gasteiger partial charge is 0.464 e. The zero-order chi connectivity index (χ0) is 40.0. The monoisotopic (exact) mass is 820 g/mol. The maximum absolute atomic E-state index is 12.4. The molecule has 0 saturated carbocycles. The van der Waals surface area contributed by atoms with E-state index in [9.17, 15) is 9.59 Å². The molecular formula is C50H64N2O4S2. The van der Waals surface area contributed by atoms with Gasteiger partial charge in [-0.3, -0.25) is 9.59 Å². The van der Waals surface area contributed by atoms with Crippen LogP contribution in [0.2, 0.25) is 0 Å². The van der Waals surface area contributed by atoms with Crippen molar-refractivity contribution in [2.75, 3.05) is 24.7 Å². The Kier molecular flexibility index (Phi) is 18.8. The van der Waals surface area contributed by atoms with Gasteiger partial charge in [-0.2, -0.15) is 0 Å². The molecule has 6 rings (SSSR count). The molecule has 0 saturated heterocycles. The van der Waals surface area contributed by atoms with Crippen molar-refractivity contribution < 1.29 is 19.1 Å². The fourth-order valence-corrected chi connectivity index (χ4v) is 10.5. The Bertz CT molecular complexity index is 1880. The molecule has 0 atom stereocenters. The Morgan fingerprint density at radius 3 is 0.983 bits per heavy atom. The average molecular weight is 821 g/mol. The van der Waals surface area contributed by atoms with E-state index in [0.29, 0.717) is 39.1 Å². The molecule has 6 nitrogen and oxygen atoms in total. The first kappa shape index (κ1) is 43.7. The van der Waals surface area contributed by atoms with E-state index in [1.807, 2.05) is 0 Å². The van der Waals surface area contributed by atoms with Gasteiger partial charge in [-0.25, -0.2) is 0 Å². The summed E-state index contributed by atoms with van der Waals surface area (Å²) in [5.74, 6) is 2.38. The molecule has 310 valence electrons. The molecule has 2 heterocycles. The van der Waals surface area contributed by atoms with Gasteiger partial charge >= 0.3 is 11.9 Å². The van der Waals surface area contributed by atoms with Gasteiger partial charge in [-0.15, -0.1) is 0 Å². The Labute approximate surface area is 354 Å². The smallest absolute Gasteiger partial charge is 0.305 e. The number of hydrogen-bond donors (Lipinski definition) is 0. The summed E-state index contributed by atoms with van der Waals surface area (Å²) in [5.41, 5.74) is 4.76. The van der Waals surface area contributed by atoms with E-state index >= 15 is 0 Å². The molecule has 58 heavy (non-hydrogen) atoms. The van der Waals surface area contributed by atoms with E-state index in [1.54, 1.807) is 0 Å². The lowest BCUT2D eigenvalue weighted by atomic mass is 10.1. The van der Waals surface area contributed by atoms with Gasteiger partial charge in [0.05, 0.1) is 13.1 Å². The van der Waals surface area contributed by atoms with Gasteiger partial charge in [-0.1, -0.05) is 171 Å². The molecule has 0 aliphatic carbocycles. The number of para-hydroxylation sites is 4. The zero-order valence-electron chi connectivity index (χ0n) is 34.6. The second kappa shape index (κ2) is 24.9. The molecule has 0 unspecified atom stereocenters. The summed E-state index contributed by atoms with van der Waals surface area (Å²) >= 11 is 0. The van der Waals surface area contributed by atoms with E-state index < -0.39 is 0 Å². The maximum atomic E-state index is 12.4. The Morgan fingerprint density at radius 1 is 0.379 bits per heavy atom. The number of aromatic nitrogens is 2. The summed E-state index contributed by atoms with van der Waals surface area (Å²) in [5, 5.41) is 4.99. The van der Waals surface area contributed by atoms with Crippen LogP contribution in [0.1, 0.15) is 116 Å². The molecule has 0 bridgehead atoms. The Morgan fingerprint density at radius 2 is 0.655 bits per heavy atom. The van der Waals surface area contributed by atoms with Gasteiger partial charge in [0.2, 0.25) is 0 Å². The van der Waals surface area contributed by atoms with Crippen LogP contribution in [0.15, 0.2) is 97.1 Å². The third-order valence-electron chi connectivity index (χ3n) is 11.3. The molecule has 8 heteroatoms. The second-order valence-corrected chi connectivity index (χ2v) is 18.3. The normalized spacial score (nSPS) is 11.7. The summed E-state index contributed by atoms with van der Waals surface area (Å²) < 4.78 is 15.8. The summed E-state index contributed by atoms with van der Waals surface area (Å²) in [6.07, 6.45) is 20.6. The zero-order valence-corrected chi connectivity index (χ0v) is 36.2. The fourth-order valence-electron chi connectivity index (χ4n) is 8.23. The van der Waals surface area contributed by atoms with Crippen LogP contribution in [-0.2, 0) is 32.2 Å². The SMILES string of the molecule is O=C(CCCCCCCCCCSSCCCCCCCCCCC(=O)OCCn1c2ccccc2c2ccccc21)OCCn1c2ccccc2c2ccccc21. The van der Waals surface area contributed by atoms with E-state index in [2.05, 4.69) is 128 Å². The van der Waals surface area contributed by atoms with E-state index in [4.69, 9.17) is 9.47 Å². The lowest BCUT2D eigenvalue weighted by Gasteiger charge is -2.09. The number of fused-ring (bicyclic) bond motifs is 6. The quantitative estimate of drug-likeness (QED) is 0.0267. The minimum atomic E-state index is -0.0702. The number of hydrogen-bond acceptors (Lipinski definition) is 6. The van der Waals surface area contributed by atoms with E-state index in [1.165, 1.54) is 132 Å². The van der Waals surface area contributed by atoms with Gasteiger partial charge in [0.25, 0.3) is 0 Å².